The topological polar surface area (TPSA) is 56.2 Å². The maximum atomic E-state index is 9.34. The Kier molecular flexibility index (Phi) is 4.03. The molecule has 5 nitrogen and oxygen atoms in total. The molecule has 0 amide bonds. The highest BCUT2D eigenvalue weighted by Crippen LogP contribution is 2.38. The van der Waals surface area contributed by atoms with Gasteiger partial charge in [-0.15, -0.1) is 0 Å². The zero-order valence-corrected chi connectivity index (χ0v) is 23.3. The number of hydrogen-bond acceptors (Lipinski definition) is 4. The van der Waals surface area contributed by atoms with Crippen molar-refractivity contribution in [3.05, 3.63) is 132 Å². The van der Waals surface area contributed by atoms with Crippen LogP contribution in [0.1, 0.15) is 41.4 Å². The molecule has 206 valence electrons. The lowest BCUT2D eigenvalue weighted by atomic mass is 9.87. The van der Waals surface area contributed by atoms with Crippen LogP contribution in [0.5, 0.6) is 0 Å². The average molecular weight is 568 g/mol. The predicted octanol–water partition coefficient (Wildman–Crippen LogP) is 10.3. The highest BCUT2D eigenvalue weighted by atomic mass is 16.3. The molecule has 2 aromatic heterocycles. The molecular formula is C38H28N4O. The van der Waals surface area contributed by atoms with Gasteiger partial charge in [-0.2, -0.15) is 0 Å². The number of benzene rings is 5. The Morgan fingerprint density at radius 3 is 1.91 bits per heavy atom. The Balaban J connectivity index is 1.56. The van der Waals surface area contributed by atoms with Crippen LogP contribution in [0.25, 0.3) is 72.1 Å². The summed E-state index contributed by atoms with van der Waals surface area (Å²) in [5.74, 6) is 0.222. The molecule has 5 aromatic carbocycles. The van der Waals surface area contributed by atoms with Crippen LogP contribution in [0.15, 0.2) is 119 Å². The lowest BCUT2D eigenvalue weighted by Crippen LogP contribution is -2.10. The van der Waals surface area contributed by atoms with Crippen molar-refractivity contribution in [1.82, 2.24) is 15.0 Å². The van der Waals surface area contributed by atoms with Crippen molar-refractivity contribution in [1.29, 1.82) is 0 Å². The van der Waals surface area contributed by atoms with E-state index < -0.39 is 72.0 Å². The molecule has 0 fully saturated rings. The van der Waals surface area contributed by atoms with Gasteiger partial charge < -0.3 is 4.42 Å². The van der Waals surface area contributed by atoms with Crippen molar-refractivity contribution in [2.24, 2.45) is 0 Å². The van der Waals surface area contributed by atoms with E-state index in [0.29, 0.717) is 16.8 Å². The first-order valence-electron chi connectivity index (χ1n) is 18.8. The monoisotopic (exact) mass is 567 g/mol. The highest BCUT2D eigenvalue weighted by Gasteiger charge is 2.18. The quantitative estimate of drug-likeness (QED) is 0.199. The average Bonchev–Trinajstić information content (AvgIpc) is 3.56. The minimum Gasteiger partial charge on any atom is -0.456 e. The van der Waals surface area contributed by atoms with Gasteiger partial charge in [0.1, 0.15) is 11.2 Å². The van der Waals surface area contributed by atoms with Crippen LogP contribution in [-0.2, 0) is 5.41 Å². The third kappa shape index (κ3) is 4.94. The molecule has 0 unspecified atom stereocenters. The van der Waals surface area contributed by atoms with E-state index in [-0.39, 0.29) is 56.0 Å². The Labute approximate surface area is 265 Å². The molecule has 0 saturated heterocycles. The lowest BCUT2D eigenvalue weighted by Gasteiger charge is -2.19. The largest absolute Gasteiger partial charge is 0.456 e. The molecule has 7 aromatic rings. The Morgan fingerprint density at radius 1 is 0.651 bits per heavy atom. The number of hydrogen-bond donors (Lipinski definition) is 0. The molecule has 0 saturated carbocycles. The fourth-order valence-corrected chi connectivity index (χ4v) is 4.67. The second kappa shape index (κ2) is 10.3. The molecule has 5 heteroatoms. The molecular weight excluding hydrogens is 528 g/mol. The van der Waals surface area contributed by atoms with Gasteiger partial charge in [-0.05, 0) is 40.2 Å². The third-order valence-electron chi connectivity index (χ3n) is 6.95. The summed E-state index contributed by atoms with van der Waals surface area (Å²) in [6.45, 7) is 13.6. The number of rotatable bonds is 4. The fourth-order valence-electron chi connectivity index (χ4n) is 4.67. The molecule has 43 heavy (non-hydrogen) atoms. The first-order chi connectivity index (χ1) is 25.5. The smallest absolute Gasteiger partial charge is 0.187 e. The van der Waals surface area contributed by atoms with Gasteiger partial charge in [-0.25, -0.2) is 19.8 Å². The summed E-state index contributed by atoms with van der Waals surface area (Å²) < 4.78 is 102. The van der Waals surface area contributed by atoms with Crippen LogP contribution in [-0.4, -0.2) is 15.0 Å². The van der Waals surface area contributed by atoms with Gasteiger partial charge in [0.2, 0.25) is 0 Å². The van der Waals surface area contributed by atoms with E-state index in [1.807, 2.05) is 24.3 Å². The molecule has 0 N–H and O–H groups in total. The number of aromatic nitrogens is 3. The summed E-state index contributed by atoms with van der Waals surface area (Å²) in [6, 6.07) is 7.30. The van der Waals surface area contributed by atoms with Crippen molar-refractivity contribution in [3.63, 3.8) is 0 Å². The predicted molar refractivity (Wildman–Crippen MR) is 174 cm³/mol. The summed E-state index contributed by atoms with van der Waals surface area (Å²) in [5, 5.41) is -0.418. The number of furan rings is 1. The summed E-state index contributed by atoms with van der Waals surface area (Å²) in [7, 11) is 0. The van der Waals surface area contributed by atoms with Gasteiger partial charge in [0.05, 0.1) is 21.7 Å². The molecule has 0 spiro atoms. The van der Waals surface area contributed by atoms with E-state index in [0.717, 1.165) is 5.56 Å². The van der Waals surface area contributed by atoms with Gasteiger partial charge in [0.25, 0.3) is 0 Å². The standard InChI is InChI=1S/C38H28N4O/c1-38(2,3)28-18-13-25(14-19-28)35-40-36(26-15-20-29(39-4)21-16-26)42-37(41-35)27-17-22-31-33(23-27)43-32-12-8-11-30(34(31)32)24-9-6-5-7-10-24/h5-23H,1-3H3/i5D,6D,7D,8D,9D,10D,11D,12D,17D,22D,23D. The van der Waals surface area contributed by atoms with E-state index in [4.69, 9.17) is 26.9 Å². The van der Waals surface area contributed by atoms with Crippen molar-refractivity contribution >= 4 is 27.6 Å². The van der Waals surface area contributed by atoms with Gasteiger partial charge in [-0.3, -0.25) is 0 Å². The van der Waals surface area contributed by atoms with E-state index in [9.17, 15) is 4.11 Å². The number of nitrogens with zero attached hydrogens (tertiary/aromatic N) is 4. The van der Waals surface area contributed by atoms with E-state index in [1.165, 1.54) is 0 Å². The molecule has 0 bridgehead atoms. The molecule has 0 aliphatic heterocycles. The maximum absolute atomic E-state index is 9.34. The zero-order chi connectivity index (χ0) is 39.1. The fraction of sp³-hybridized carbons (Fsp3) is 0.105. The molecule has 0 aliphatic rings. The minimum atomic E-state index is -0.693. The highest BCUT2D eigenvalue weighted by molar-refractivity contribution is 6.12. The summed E-state index contributed by atoms with van der Waals surface area (Å²) in [4.78, 5) is 17.4. The van der Waals surface area contributed by atoms with Crippen molar-refractivity contribution < 1.29 is 19.5 Å². The number of fused-ring (bicyclic) bond motifs is 3. The van der Waals surface area contributed by atoms with Crippen LogP contribution in [0.3, 0.4) is 0 Å². The van der Waals surface area contributed by atoms with Gasteiger partial charge >= 0.3 is 0 Å². The molecule has 0 atom stereocenters. The van der Waals surface area contributed by atoms with Crippen molar-refractivity contribution in [2.75, 3.05) is 0 Å². The van der Waals surface area contributed by atoms with Crippen molar-refractivity contribution in [3.8, 4) is 45.3 Å². The Morgan fingerprint density at radius 2 is 1.28 bits per heavy atom. The Hall–Kier alpha value is -5.60. The van der Waals surface area contributed by atoms with Gasteiger partial charge in [0, 0.05) is 27.5 Å². The van der Waals surface area contributed by atoms with Crippen LogP contribution in [0.2, 0.25) is 0 Å². The Bertz CT molecular complexity index is 2740. The summed E-state index contributed by atoms with van der Waals surface area (Å²) in [6.07, 6.45) is 0. The van der Waals surface area contributed by atoms with E-state index in [1.54, 1.807) is 24.3 Å². The van der Waals surface area contributed by atoms with Gasteiger partial charge in [0.15, 0.2) is 23.2 Å². The van der Waals surface area contributed by atoms with E-state index >= 15 is 0 Å². The molecule has 0 aliphatic carbocycles. The van der Waals surface area contributed by atoms with Crippen molar-refractivity contribution in [2.45, 2.75) is 26.2 Å². The summed E-state index contributed by atoms with van der Waals surface area (Å²) >= 11 is 0. The molecule has 7 rings (SSSR count). The second-order valence-corrected chi connectivity index (χ2v) is 10.8. The van der Waals surface area contributed by atoms with E-state index in [2.05, 4.69) is 35.6 Å². The molecule has 0 radical (unpaired) electrons. The minimum absolute atomic E-state index is 0.131. The van der Waals surface area contributed by atoms with Gasteiger partial charge in [-0.1, -0.05) is 118 Å². The first-order valence-corrected chi connectivity index (χ1v) is 13.3. The van der Waals surface area contributed by atoms with Crippen LogP contribution >= 0.6 is 0 Å². The van der Waals surface area contributed by atoms with Crippen LogP contribution in [0.4, 0.5) is 5.69 Å². The first kappa shape index (κ1) is 16.7. The zero-order valence-electron chi connectivity index (χ0n) is 34.3. The maximum Gasteiger partial charge on any atom is 0.187 e. The lowest BCUT2D eigenvalue weighted by molar-refractivity contribution is 0.590. The molecule has 2 heterocycles. The van der Waals surface area contributed by atoms with Crippen LogP contribution in [0, 0.1) is 6.57 Å². The SMILES string of the molecule is [2H]c1c([2H])c([2H])c(-c2c([2H])c([2H])c([2H])c3oc4c([2H])c(-c5nc(-c6ccc([N+]#[C-])cc6)nc(-c6ccc(C(C)(C)C)cc6)n5)c([2H])c([2H])c4c23)c([2H])c1[2H]. The second-order valence-electron chi connectivity index (χ2n) is 10.8. The summed E-state index contributed by atoms with van der Waals surface area (Å²) in [5.41, 5.74) is 0.765. The van der Waals surface area contributed by atoms with Crippen LogP contribution < -0.4 is 0 Å². The third-order valence-corrected chi connectivity index (χ3v) is 6.95. The normalized spacial score (nSPS) is 15.2.